The summed E-state index contributed by atoms with van der Waals surface area (Å²) in [6.45, 7) is 13.1. The minimum absolute atomic E-state index is 0.0560. The molecule has 2 aliphatic rings. The molecule has 0 aliphatic carbocycles. The van der Waals surface area contributed by atoms with Gasteiger partial charge >= 0.3 is 0 Å². The summed E-state index contributed by atoms with van der Waals surface area (Å²) in [5.41, 5.74) is 1.73. The normalized spacial score (nSPS) is 24.0. The number of nitrogens with zero attached hydrogens (tertiary/aromatic N) is 5. The molecular weight excluding hydrogens is 539 g/mol. The van der Waals surface area contributed by atoms with Crippen LogP contribution >= 0.6 is 22.6 Å². The summed E-state index contributed by atoms with van der Waals surface area (Å²) < 4.78 is 24.4. The number of nitrogens with one attached hydrogen (secondary N) is 1. The lowest BCUT2D eigenvalue weighted by Gasteiger charge is -2.44. The van der Waals surface area contributed by atoms with E-state index >= 15 is 0 Å². The van der Waals surface area contributed by atoms with E-state index in [4.69, 9.17) is 19.8 Å². The predicted octanol–water partition coefficient (Wildman–Crippen LogP) is 4.18. The quantitative estimate of drug-likeness (QED) is 0.424. The number of anilines is 1. The number of piperidine rings is 1. The highest BCUT2D eigenvalue weighted by Crippen LogP contribution is 2.37. The van der Waals surface area contributed by atoms with Crippen LogP contribution in [-0.4, -0.2) is 54.8 Å². The molecule has 32 heavy (non-hydrogen) atoms. The Labute approximate surface area is 207 Å². The molecule has 10 heteroatoms. The molecule has 0 saturated carbocycles. The average molecular weight is 575 g/mol. The lowest BCUT2D eigenvalue weighted by atomic mass is 9.75. The van der Waals surface area contributed by atoms with E-state index in [0.717, 1.165) is 72.5 Å². The molecule has 1 N–H and O–H groups in total. The standard InChI is InChI=1S/C22H35IN6O2S/c1-15(27-32(30)21(2,3)4)22(5)9-11-28(12-10-22)16-14-24-18-19(23)26-29(20(18)25-16)17-8-6-7-13-31-17/h14-15,17,27H,6-13H2,1-5H3. The van der Waals surface area contributed by atoms with Gasteiger partial charge in [-0.1, -0.05) is 6.92 Å². The van der Waals surface area contributed by atoms with Crippen LogP contribution in [0.5, 0.6) is 0 Å². The number of rotatable bonds is 5. The van der Waals surface area contributed by atoms with Gasteiger partial charge < -0.3 is 14.2 Å². The van der Waals surface area contributed by atoms with Crippen molar-refractivity contribution in [2.24, 2.45) is 5.41 Å². The maximum absolute atomic E-state index is 12.6. The Morgan fingerprint density at radius 1 is 1.31 bits per heavy atom. The fourth-order valence-corrected chi connectivity index (χ4v) is 5.87. The van der Waals surface area contributed by atoms with E-state index in [-0.39, 0.29) is 22.4 Å². The molecule has 2 aromatic rings. The molecule has 4 heterocycles. The molecule has 0 radical (unpaired) electrons. The van der Waals surface area contributed by atoms with Crippen molar-refractivity contribution in [2.45, 2.75) is 83.7 Å². The van der Waals surface area contributed by atoms with E-state index in [0.29, 0.717) is 0 Å². The van der Waals surface area contributed by atoms with Gasteiger partial charge in [0, 0.05) is 31.1 Å². The molecular formula is C22H35IN6O2S. The first-order valence-electron chi connectivity index (χ1n) is 11.5. The fraction of sp³-hybridized carbons (Fsp3) is 0.773. The van der Waals surface area contributed by atoms with Gasteiger partial charge in [0.1, 0.15) is 16.1 Å². The molecule has 2 saturated heterocycles. The van der Waals surface area contributed by atoms with Crippen LogP contribution in [-0.2, 0) is 16.1 Å². The Hall–Kier alpha value is -0.690. The topological polar surface area (TPSA) is 91.2 Å². The monoisotopic (exact) mass is 574 g/mol. The zero-order valence-corrected chi connectivity index (χ0v) is 22.7. The van der Waals surface area contributed by atoms with Gasteiger partial charge in [-0.3, -0.25) is 0 Å². The van der Waals surface area contributed by atoms with Crippen LogP contribution in [0.1, 0.15) is 73.0 Å². The predicted molar refractivity (Wildman–Crippen MR) is 137 cm³/mol. The molecule has 0 amide bonds. The lowest BCUT2D eigenvalue weighted by Crippen LogP contribution is -2.53. The highest BCUT2D eigenvalue weighted by Gasteiger charge is 2.39. The summed E-state index contributed by atoms with van der Waals surface area (Å²) in [6, 6.07) is 0.171. The van der Waals surface area contributed by atoms with Crippen LogP contribution in [0.2, 0.25) is 0 Å². The average Bonchev–Trinajstić information content (AvgIpc) is 3.10. The third-order valence-electron chi connectivity index (χ3n) is 6.89. The molecule has 8 nitrogen and oxygen atoms in total. The van der Waals surface area contributed by atoms with Crippen LogP contribution in [0, 0.1) is 9.12 Å². The van der Waals surface area contributed by atoms with Crippen LogP contribution in [0.3, 0.4) is 0 Å². The van der Waals surface area contributed by atoms with Gasteiger partial charge in [-0.2, -0.15) is 5.10 Å². The summed E-state index contributed by atoms with van der Waals surface area (Å²) >= 11 is 1.17. The smallest absolute Gasteiger partial charge is 0.182 e. The van der Waals surface area contributed by atoms with Gasteiger partial charge in [-0.05, 0) is 87.8 Å². The molecule has 0 aromatic carbocycles. The van der Waals surface area contributed by atoms with Crippen molar-refractivity contribution in [1.82, 2.24) is 24.5 Å². The first-order chi connectivity index (χ1) is 15.1. The maximum Gasteiger partial charge on any atom is 0.182 e. The Morgan fingerprint density at radius 3 is 2.66 bits per heavy atom. The third-order valence-corrected chi connectivity index (χ3v) is 9.30. The van der Waals surface area contributed by atoms with Crippen LogP contribution < -0.4 is 9.62 Å². The van der Waals surface area contributed by atoms with Gasteiger partial charge in [0.05, 0.1) is 12.2 Å². The van der Waals surface area contributed by atoms with Gasteiger partial charge in [-0.15, -0.1) is 4.72 Å². The molecule has 3 atom stereocenters. The molecule has 3 unspecified atom stereocenters. The third kappa shape index (κ3) is 5.03. The summed E-state index contributed by atoms with van der Waals surface area (Å²) in [5.74, 6) is 0.895. The van der Waals surface area contributed by atoms with Crippen molar-refractivity contribution in [3.8, 4) is 0 Å². The first-order valence-corrected chi connectivity index (χ1v) is 13.8. The molecule has 2 fully saturated rings. The first kappa shape index (κ1) is 24.4. The number of hydrogen-bond donors (Lipinski definition) is 1. The Bertz CT molecular complexity index is 934. The summed E-state index contributed by atoms with van der Waals surface area (Å²) in [5, 5.41) is 4.69. The van der Waals surface area contributed by atoms with E-state index in [2.05, 4.69) is 46.1 Å². The minimum atomic E-state index is -1.07. The number of fused-ring (bicyclic) bond motifs is 1. The molecule has 2 aliphatic heterocycles. The van der Waals surface area contributed by atoms with Crippen molar-refractivity contribution in [3.05, 3.63) is 9.90 Å². The summed E-state index contributed by atoms with van der Waals surface area (Å²) in [7, 11) is 0. The Kier molecular flexibility index (Phi) is 7.27. The minimum Gasteiger partial charge on any atom is -0.598 e. The molecule has 2 aromatic heterocycles. The van der Waals surface area contributed by atoms with Gasteiger partial charge in [0.15, 0.2) is 15.6 Å². The van der Waals surface area contributed by atoms with Gasteiger partial charge in [-0.25, -0.2) is 14.6 Å². The Balaban J connectivity index is 1.48. The highest BCUT2D eigenvalue weighted by atomic mass is 127. The molecule has 0 bridgehead atoms. The second-order valence-corrected chi connectivity index (χ2v) is 13.3. The lowest BCUT2D eigenvalue weighted by molar-refractivity contribution is -0.0372. The summed E-state index contributed by atoms with van der Waals surface area (Å²) in [6.07, 6.45) is 7.04. The van der Waals surface area contributed by atoms with Crippen molar-refractivity contribution in [2.75, 3.05) is 24.6 Å². The van der Waals surface area contributed by atoms with Gasteiger partial charge in [0.2, 0.25) is 0 Å². The van der Waals surface area contributed by atoms with Gasteiger partial charge in [0.25, 0.3) is 0 Å². The van der Waals surface area contributed by atoms with E-state index in [9.17, 15) is 4.55 Å². The Morgan fingerprint density at radius 2 is 2.03 bits per heavy atom. The highest BCUT2D eigenvalue weighted by molar-refractivity contribution is 14.1. The van der Waals surface area contributed by atoms with Crippen molar-refractivity contribution < 1.29 is 9.29 Å². The van der Waals surface area contributed by atoms with Crippen molar-refractivity contribution >= 4 is 50.9 Å². The molecule has 0 spiro atoms. The SMILES string of the molecule is CC(N[S+]([O-])C(C)(C)C)C1(C)CCN(c2cnc3c(I)nn(C4CCCCO4)c3n2)CC1. The second-order valence-electron chi connectivity index (χ2n) is 10.3. The number of ether oxygens (including phenoxy) is 1. The zero-order chi connectivity index (χ0) is 23.1. The maximum atomic E-state index is 12.6. The van der Waals surface area contributed by atoms with E-state index in [1.165, 1.54) is 0 Å². The fourth-order valence-electron chi connectivity index (χ4n) is 4.29. The van der Waals surface area contributed by atoms with Crippen molar-refractivity contribution in [1.29, 1.82) is 0 Å². The zero-order valence-electron chi connectivity index (χ0n) is 19.7. The number of halogens is 1. The number of hydrogen-bond acceptors (Lipinski definition) is 7. The largest absolute Gasteiger partial charge is 0.598 e. The van der Waals surface area contributed by atoms with Crippen LogP contribution in [0.15, 0.2) is 6.20 Å². The van der Waals surface area contributed by atoms with Crippen molar-refractivity contribution in [3.63, 3.8) is 0 Å². The van der Waals surface area contributed by atoms with Crippen LogP contribution in [0.4, 0.5) is 5.82 Å². The second kappa shape index (κ2) is 9.52. The molecule has 178 valence electrons. The summed E-state index contributed by atoms with van der Waals surface area (Å²) in [4.78, 5) is 12.0. The van der Waals surface area contributed by atoms with E-state index in [1.54, 1.807) is 0 Å². The van der Waals surface area contributed by atoms with E-state index < -0.39 is 11.4 Å². The molecule has 4 rings (SSSR count). The van der Waals surface area contributed by atoms with E-state index in [1.807, 2.05) is 31.6 Å². The van der Waals surface area contributed by atoms with Crippen LogP contribution in [0.25, 0.3) is 11.2 Å². The number of aromatic nitrogens is 4.